The number of methoxy groups -OCH3 is 1. The first-order valence-electron chi connectivity index (χ1n) is 11.0. The van der Waals surface area contributed by atoms with Crippen LogP contribution in [0.2, 0.25) is 0 Å². The number of hydrogen-bond acceptors (Lipinski definition) is 7. The number of carbonyl (C=O) groups is 1. The van der Waals surface area contributed by atoms with Crippen LogP contribution in [0, 0.1) is 5.82 Å². The fourth-order valence-electron chi connectivity index (χ4n) is 3.83. The Morgan fingerprint density at radius 1 is 1.16 bits per heavy atom. The van der Waals surface area contributed by atoms with Crippen LogP contribution in [0.1, 0.15) is 17.8 Å². The number of ether oxygens (including phenoxy) is 1. The van der Waals surface area contributed by atoms with Gasteiger partial charge < -0.3 is 10.1 Å². The number of rotatable bonds is 7. The molecule has 1 aliphatic rings. The minimum absolute atomic E-state index is 0.0804. The molecule has 1 aliphatic heterocycles. The van der Waals surface area contributed by atoms with Crippen molar-refractivity contribution in [3.8, 4) is 17.1 Å². The lowest BCUT2D eigenvalue weighted by Gasteiger charge is -2.23. The third-order valence-corrected chi connectivity index (χ3v) is 7.56. The van der Waals surface area contributed by atoms with Gasteiger partial charge in [-0.25, -0.2) is 32.2 Å². The van der Waals surface area contributed by atoms with Gasteiger partial charge in [0.15, 0.2) is 0 Å². The van der Waals surface area contributed by atoms with Crippen molar-refractivity contribution in [2.45, 2.75) is 36.3 Å². The van der Waals surface area contributed by atoms with Crippen LogP contribution in [0.25, 0.3) is 11.3 Å². The van der Waals surface area contributed by atoms with Gasteiger partial charge in [-0.05, 0) is 35.9 Å². The Kier molecular flexibility index (Phi) is 7.60. The molecule has 0 radical (unpaired) electrons. The molecule has 4 rings (SSSR count). The molecule has 3 heterocycles. The summed E-state index contributed by atoms with van der Waals surface area (Å²) in [4.78, 5) is 23.4. The highest BCUT2D eigenvalue weighted by Crippen LogP contribution is 2.29. The molecule has 0 bridgehead atoms. The predicted octanol–water partition coefficient (Wildman–Crippen LogP) is 3.12. The van der Waals surface area contributed by atoms with Crippen molar-refractivity contribution in [2.75, 3.05) is 13.7 Å². The minimum Gasteiger partial charge on any atom is -0.481 e. The summed E-state index contributed by atoms with van der Waals surface area (Å²) in [5.74, 6) is -2.67. The van der Waals surface area contributed by atoms with E-state index >= 15 is 0 Å². The maximum atomic E-state index is 14.2. The number of amides is 1. The Morgan fingerprint density at radius 3 is 2.42 bits per heavy atom. The summed E-state index contributed by atoms with van der Waals surface area (Å²) in [5, 5.41) is 2.55. The lowest BCUT2D eigenvalue weighted by atomic mass is 10.1. The van der Waals surface area contributed by atoms with Crippen molar-refractivity contribution in [1.82, 2.24) is 24.6 Å². The third kappa shape index (κ3) is 5.88. The summed E-state index contributed by atoms with van der Waals surface area (Å²) in [7, 11) is -2.98. The van der Waals surface area contributed by atoms with Gasteiger partial charge in [0, 0.05) is 43.5 Å². The third-order valence-electron chi connectivity index (χ3n) is 5.67. The Balaban J connectivity index is 1.52. The van der Waals surface area contributed by atoms with Crippen LogP contribution in [0.5, 0.6) is 5.88 Å². The molecule has 0 aliphatic carbocycles. The first-order chi connectivity index (χ1) is 17.9. The molecule has 1 amide bonds. The summed E-state index contributed by atoms with van der Waals surface area (Å²) >= 11 is 0. The summed E-state index contributed by atoms with van der Waals surface area (Å²) in [5.41, 5.74) is 0.715. The summed E-state index contributed by atoms with van der Waals surface area (Å²) in [6.45, 7) is -0.705. The quantitative estimate of drug-likeness (QED) is 0.444. The number of pyridine rings is 1. The molecule has 1 fully saturated rings. The molecule has 9 nitrogen and oxygen atoms in total. The monoisotopic (exact) mass is 557 g/mol. The SMILES string of the molecule is COc1cc(CNC(=O)[C@@H]2C[C@@H](F)CN2S(=O)(=O)c2ccc(F)cc2)cc(-c2cnc(C(F)(F)F)nc2)n1. The molecule has 0 saturated carbocycles. The summed E-state index contributed by atoms with van der Waals surface area (Å²) in [6, 6.07) is 5.50. The van der Waals surface area contributed by atoms with E-state index in [1.165, 1.54) is 19.2 Å². The van der Waals surface area contributed by atoms with E-state index in [1.807, 2.05) is 0 Å². The fourth-order valence-corrected chi connectivity index (χ4v) is 5.46. The van der Waals surface area contributed by atoms with Crippen LogP contribution in [-0.2, 0) is 27.5 Å². The number of hydrogen-bond donors (Lipinski definition) is 1. The Hall–Kier alpha value is -3.72. The second-order valence-corrected chi connectivity index (χ2v) is 10.2. The van der Waals surface area contributed by atoms with Gasteiger partial charge in [-0.1, -0.05) is 0 Å². The highest BCUT2D eigenvalue weighted by atomic mass is 32.2. The van der Waals surface area contributed by atoms with E-state index < -0.39 is 52.5 Å². The molecular formula is C23H20F5N5O4S. The molecule has 2 atom stereocenters. The van der Waals surface area contributed by atoms with E-state index in [0.29, 0.717) is 5.56 Å². The molecule has 1 N–H and O–H groups in total. The zero-order valence-electron chi connectivity index (χ0n) is 19.6. The highest BCUT2D eigenvalue weighted by molar-refractivity contribution is 7.89. The van der Waals surface area contributed by atoms with Crippen LogP contribution in [0.3, 0.4) is 0 Å². The standard InChI is InChI=1S/C23H20F5N5O4S/c1-37-20-7-13(6-18(32-20)14-10-30-22(31-11-14)23(26,27)28)9-29-21(34)19-8-16(25)12-33(19)38(35,36)17-4-2-15(24)3-5-17/h2-7,10-11,16,19H,8-9,12H2,1H3,(H,29,34)/t16-,19+/m1/s1. The highest BCUT2D eigenvalue weighted by Gasteiger charge is 2.44. The van der Waals surface area contributed by atoms with Crippen LogP contribution in [0.15, 0.2) is 53.7 Å². The average molecular weight is 558 g/mol. The lowest BCUT2D eigenvalue weighted by Crippen LogP contribution is -2.45. The van der Waals surface area contributed by atoms with Gasteiger partial charge in [-0.15, -0.1) is 0 Å². The van der Waals surface area contributed by atoms with E-state index in [-0.39, 0.29) is 35.0 Å². The minimum atomic E-state index is -4.72. The van der Waals surface area contributed by atoms with Gasteiger partial charge in [0.25, 0.3) is 0 Å². The largest absolute Gasteiger partial charge is 0.481 e. The molecule has 0 unspecified atom stereocenters. The van der Waals surface area contributed by atoms with Crippen molar-refractivity contribution in [3.05, 3.63) is 66.0 Å². The smallest absolute Gasteiger partial charge is 0.451 e. The lowest BCUT2D eigenvalue weighted by molar-refractivity contribution is -0.145. The number of carbonyl (C=O) groups excluding carboxylic acids is 1. The van der Waals surface area contributed by atoms with E-state index in [2.05, 4.69) is 20.3 Å². The number of aromatic nitrogens is 3. The van der Waals surface area contributed by atoms with E-state index in [9.17, 15) is 35.2 Å². The van der Waals surface area contributed by atoms with Crippen LogP contribution in [0.4, 0.5) is 22.0 Å². The fraction of sp³-hybridized carbons (Fsp3) is 0.304. The zero-order chi connectivity index (χ0) is 27.7. The molecule has 2 aromatic heterocycles. The molecule has 38 heavy (non-hydrogen) atoms. The second-order valence-electron chi connectivity index (χ2n) is 8.29. The zero-order valence-corrected chi connectivity index (χ0v) is 20.4. The van der Waals surface area contributed by atoms with Crippen molar-refractivity contribution in [3.63, 3.8) is 0 Å². The molecule has 202 valence electrons. The van der Waals surface area contributed by atoms with Gasteiger partial charge in [-0.3, -0.25) is 4.79 Å². The Labute approximate surface area is 213 Å². The molecule has 0 spiro atoms. The molecule has 3 aromatic rings. The Bertz CT molecular complexity index is 1420. The number of sulfonamides is 1. The molecule has 1 aromatic carbocycles. The van der Waals surface area contributed by atoms with Gasteiger partial charge in [0.2, 0.25) is 27.6 Å². The van der Waals surface area contributed by atoms with Crippen molar-refractivity contribution < 1.29 is 39.9 Å². The van der Waals surface area contributed by atoms with Crippen molar-refractivity contribution in [2.24, 2.45) is 0 Å². The van der Waals surface area contributed by atoms with Gasteiger partial charge >= 0.3 is 6.18 Å². The molecule has 1 saturated heterocycles. The number of benzene rings is 1. The van der Waals surface area contributed by atoms with Gasteiger partial charge in [0.05, 0.1) is 17.7 Å². The Morgan fingerprint density at radius 2 is 1.82 bits per heavy atom. The van der Waals surface area contributed by atoms with Crippen LogP contribution < -0.4 is 10.1 Å². The van der Waals surface area contributed by atoms with Crippen molar-refractivity contribution >= 4 is 15.9 Å². The van der Waals surface area contributed by atoms with Gasteiger partial charge in [-0.2, -0.15) is 17.5 Å². The van der Waals surface area contributed by atoms with E-state index in [0.717, 1.165) is 41.0 Å². The normalized spacial score (nSPS) is 18.4. The first-order valence-corrected chi connectivity index (χ1v) is 12.5. The van der Waals surface area contributed by atoms with Crippen molar-refractivity contribution in [1.29, 1.82) is 0 Å². The molecular weight excluding hydrogens is 537 g/mol. The molecule has 15 heteroatoms. The summed E-state index contributed by atoms with van der Waals surface area (Å²) in [6.07, 6.45) is -4.80. The van der Waals surface area contributed by atoms with Gasteiger partial charge in [0.1, 0.15) is 18.0 Å². The number of nitrogens with zero attached hydrogens (tertiary/aromatic N) is 4. The maximum absolute atomic E-state index is 14.2. The van der Waals surface area contributed by atoms with E-state index in [4.69, 9.17) is 4.74 Å². The summed E-state index contributed by atoms with van der Waals surface area (Å²) < 4.78 is 97.6. The maximum Gasteiger partial charge on any atom is 0.451 e. The predicted molar refractivity (Wildman–Crippen MR) is 122 cm³/mol. The number of nitrogens with one attached hydrogen (secondary N) is 1. The second kappa shape index (κ2) is 10.6. The average Bonchev–Trinajstić information content (AvgIpc) is 3.29. The number of alkyl halides is 4. The number of halogens is 5. The first kappa shape index (κ1) is 27.3. The van der Waals surface area contributed by atoms with E-state index in [1.54, 1.807) is 0 Å². The topological polar surface area (TPSA) is 114 Å². The van der Waals surface area contributed by atoms with Crippen LogP contribution >= 0.6 is 0 Å². The van der Waals surface area contributed by atoms with Crippen LogP contribution in [-0.4, -0.2) is 59.5 Å².